The molecule has 6 heteroatoms. The number of ether oxygens (including phenoxy) is 3. The number of amides is 1. The van der Waals surface area contributed by atoms with Crippen LogP contribution in [0.4, 0.5) is 4.79 Å². The van der Waals surface area contributed by atoms with Crippen LogP contribution in [0.3, 0.4) is 0 Å². The Hall–Kier alpha value is -2.73. The summed E-state index contributed by atoms with van der Waals surface area (Å²) in [5.41, 5.74) is 2.42. The molecular formula is C25H33NO5. The van der Waals surface area contributed by atoms with Crippen molar-refractivity contribution in [3.8, 4) is 11.5 Å². The molecule has 0 fully saturated rings. The lowest BCUT2D eigenvalue weighted by Crippen LogP contribution is -2.48. The van der Waals surface area contributed by atoms with E-state index >= 15 is 0 Å². The minimum Gasteiger partial charge on any atom is -0.493 e. The Balaban J connectivity index is 1.99. The molecule has 2 aromatic carbocycles. The molecular weight excluding hydrogens is 394 g/mol. The van der Waals surface area contributed by atoms with Crippen molar-refractivity contribution in [1.82, 2.24) is 4.90 Å². The zero-order chi connectivity index (χ0) is 22.6. The van der Waals surface area contributed by atoms with Crippen molar-refractivity contribution in [3.63, 3.8) is 0 Å². The first kappa shape index (κ1) is 22.9. The highest BCUT2D eigenvalue weighted by Crippen LogP contribution is 2.43. The van der Waals surface area contributed by atoms with E-state index in [1.165, 1.54) is 0 Å². The van der Waals surface area contributed by atoms with Gasteiger partial charge in [-0.15, -0.1) is 0 Å². The van der Waals surface area contributed by atoms with Crippen molar-refractivity contribution < 1.29 is 24.1 Å². The van der Waals surface area contributed by atoms with E-state index in [1.54, 1.807) is 19.1 Å². The highest BCUT2D eigenvalue weighted by atomic mass is 16.6. The Morgan fingerprint density at radius 1 is 1.10 bits per heavy atom. The quantitative estimate of drug-likeness (QED) is 0.733. The number of rotatable bonds is 6. The first-order valence-electron chi connectivity index (χ1n) is 10.7. The van der Waals surface area contributed by atoms with Gasteiger partial charge in [0.25, 0.3) is 0 Å². The first-order valence-corrected chi connectivity index (χ1v) is 10.7. The number of hydrogen-bond donors (Lipinski definition) is 1. The van der Waals surface area contributed by atoms with Crippen molar-refractivity contribution in [2.45, 2.75) is 57.7 Å². The van der Waals surface area contributed by atoms with Crippen LogP contribution in [0, 0.1) is 0 Å². The van der Waals surface area contributed by atoms with Crippen LogP contribution < -0.4 is 9.47 Å². The number of aliphatic hydroxyl groups excluding tert-OH is 1. The van der Waals surface area contributed by atoms with Gasteiger partial charge in [0.1, 0.15) is 5.60 Å². The van der Waals surface area contributed by atoms with E-state index in [0.29, 0.717) is 30.9 Å². The maximum Gasteiger partial charge on any atom is 0.410 e. The Bertz CT molecular complexity index is 891. The van der Waals surface area contributed by atoms with Gasteiger partial charge in [-0.05, 0) is 50.8 Å². The topological polar surface area (TPSA) is 68.2 Å². The molecule has 1 aliphatic rings. The highest BCUT2D eigenvalue weighted by molar-refractivity contribution is 5.69. The molecule has 0 bridgehead atoms. The SMILES string of the molecule is COc1ccc2c(c1OC)CCC(N(Cc1ccccc1)C(=O)OC(C)(C)C)[C@H]2CO. The molecule has 0 saturated heterocycles. The lowest BCUT2D eigenvalue weighted by atomic mass is 9.78. The molecule has 31 heavy (non-hydrogen) atoms. The largest absolute Gasteiger partial charge is 0.493 e. The summed E-state index contributed by atoms with van der Waals surface area (Å²) in [6.07, 6.45) is 1.03. The van der Waals surface area contributed by atoms with Crippen molar-refractivity contribution in [1.29, 1.82) is 0 Å². The number of hydrogen-bond acceptors (Lipinski definition) is 5. The van der Waals surface area contributed by atoms with Gasteiger partial charge < -0.3 is 24.2 Å². The van der Waals surface area contributed by atoms with Crippen LogP contribution in [-0.4, -0.2) is 48.6 Å². The summed E-state index contributed by atoms with van der Waals surface area (Å²) in [6.45, 7) is 5.92. The van der Waals surface area contributed by atoms with Gasteiger partial charge in [0.2, 0.25) is 0 Å². The Morgan fingerprint density at radius 3 is 2.39 bits per heavy atom. The Kier molecular flexibility index (Phi) is 7.11. The van der Waals surface area contributed by atoms with E-state index in [-0.39, 0.29) is 24.7 Å². The number of carbonyl (C=O) groups is 1. The average Bonchev–Trinajstić information content (AvgIpc) is 2.75. The van der Waals surface area contributed by atoms with Crippen molar-refractivity contribution in [2.24, 2.45) is 0 Å². The molecule has 168 valence electrons. The van der Waals surface area contributed by atoms with Gasteiger partial charge in [0.15, 0.2) is 11.5 Å². The van der Waals surface area contributed by atoms with Gasteiger partial charge >= 0.3 is 6.09 Å². The third-order valence-electron chi connectivity index (χ3n) is 5.66. The molecule has 0 saturated carbocycles. The van der Waals surface area contributed by atoms with Gasteiger partial charge in [-0.2, -0.15) is 0 Å². The van der Waals surface area contributed by atoms with Crippen LogP contribution >= 0.6 is 0 Å². The van der Waals surface area contributed by atoms with E-state index in [2.05, 4.69) is 0 Å². The van der Waals surface area contributed by atoms with Crippen molar-refractivity contribution in [3.05, 3.63) is 59.2 Å². The number of methoxy groups -OCH3 is 2. The summed E-state index contributed by atoms with van der Waals surface area (Å²) in [6, 6.07) is 13.5. The smallest absolute Gasteiger partial charge is 0.410 e. The van der Waals surface area contributed by atoms with E-state index in [1.807, 2.05) is 63.2 Å². The molecule has 0 aliphatic heterocycles. The Labute approximate surface area is 184 Å². The average molecular weight is 428 g/mol. The van der Waals surface area contributed by atoms with E-state index in [4.69, 9.17) is 14.2 Å². The summed E-state index contributed by atoms with van der Waals surface area (Å²) >= 11 is 0. The Morgan fingerprint density at radius 2 is 1.81 bits per heavy atom. The predicted octanol–water partition coefficient (Wildman–Crippen LogP) is 4.53. The van der Waals surface area contributed by atoms with Crippen LogP contribution in [0.1, 0.15) is 49.8 Å². The number of aliphatic hydroxyl groups is 1. The summed E-state index contributed by atoms with van der Waals surface area (Å²) in [5.74, 6) is 1.12. The summed E-state index contributed by atoms with van der Waals surface area (Å²) in [4.78, 5) is 15.0. The lowest BCUT2D eigenvalue weighted by molar-refractivity contribution is 0.00623. The van der Waals surface area contributed by atoms with Gasteiger partial charge in [0, 0.05) is 24.1 Å². The minimum atomic E-state index is -0.607. The molecule has 2 atom stereocenters. The monoisotopic (exact) mass is 427 g/mol. The normalized spacial score (nSPS) is 18.1. The molecule has 0 spiro atoms. The summed E-state index contributed by atoms with van der Waals surface area (Å²) < 4.78 is 16.8. The second kappa shape index (κ2) is 9.60. The van der Waals surface area contributed by atoms with Crippen LogP contribution in [0.15, 0.2) is 42.5 Å². The van der Waals surface area contributed by atoms with Gasteiger partial charge in [-0.25, -0.2) is 4.79 Å². The number of fused-ring (bicyclic) bond motifs is 1. The molecule has 1 aliphatic carbocycles. The van der Waals surface area contributed by atoms with E-state index < -0.39 is 5.60 Å². The maximum atomic E-state index is 13.2. The van der Waals surface area contributed by atoms with Crippen LogP contribution in [0.2, 0.25) is 0 Å². The summed E-state index contributed by atoms with van der Waals surface area (Å²) in [5, 5.41) is 10.4. The number of benzene rings is 2. The van der Waals surface area contributed by atoms with Crippen LogP contribution in [0.25, 0.3) is 0 Å². The minimum absolute atomic E-state index is 0.0821. The van der Waals surface area contributed by atoms with Gasteiger partial charge in [0.05, 0.1) is 20.8 Å². The van der Waals surface area contributed by atoms with E-state index in [9.17, 15) is 9.90 Å². The lowest BCUT2D eigenvalue weighted by Gasteiger charge is -2.41. The maximum absolute atomic E-state index is 13.2. The van der Waals surface area contributed by atoms with Crippen molar-refractivity contribution in [2.75, 3.05) is 20.8 Å². The molecule has 1 amide bonds. The van der Waals surface area contributed by atoms with Gasteiger partial charge in [-0.3, -0.25) is 0 Å². The highest BCUT2D eigenvalue weighted by Gasteiger charge is 2.39. The van der Waals surface area contributed by atoms with Crippen LogP contribution in [-0.2, 0) is 17.7 Å². The fourth-order valence-corrected chi connectivity index (χ4v) is 4.32. The first-order chi connectivity index (χ1) is 14.8. The molecule has 0 aromatic heterocycles. The standard InChI is InChI=1S/C25H33NO5/c1-25(2,3)31-24(28)26(15-17-9-7-6-8-10-17)21-13-11-19-18(20(21)16-27)12-14-22(29-4)23(19)30-5/h6-10,12,14,20-21,27H,11,13,15-16H2,1-5H3/t20-,21?/m0/s1. The van der Waals surface area contributed by atoms with Crippen LogP contribution in [0.5, 0.6) is 11.5 Å². The number of nitrogens with zero attached hydrogens (tertiary/aromatic N) is 1. The predicted molar refractivity (Wildman–Crippen MR) is 120 cm³/mol. The second-order valence-corrected chi connectivity index (χ2v) is 8.86. The second-order valence-electron chi connectivity index (χ2n) is 8.86. The number of carbonyl (C=O) groups excluding carboxylic acids is 1. The summed E-state index contributed by atoms with van der Waals surface area (Å²) in [7, 11) is 3.24. The fourth-order valence-electron chi connectivity index (χ4n) is 4.32. The molecule has 1 unspecified atom stereocenters. The third-order valence-corrected chi connectivity index (χ3v) is 5.66. The molecule has 0 radical (unpaired) electrons. The zero-order valence-electron chi connectivity index (χ0n) is 19.1. The molecule has 6 nitrogen and oxygen atoms in total. The zero-order valence-corrected chi connectivity index (χ0v) is 19.1. The van der Waals surface area contributed by atoms with E-state index in [0.717, 1.165) is 16.7 Å². The molecule has 0 heterocycles. The fraction of sp³-hybridized carbons (Fsp3) is 0.480. The molecule has 2 aromatic rings. The molecule has 3 rings (SSSR count). The third kappa shape index (κ3) is 5.13. The molecule has 1 N–H and O–H groups in total. The van der Waals surface area contributed by atoms with Crippen molar-refractivity contribution >= 4 is 6.09 Å². The van der Waals surface area contributed by atoms with Gasteiger partial charge in [-0.1, -0.05) is 36.4 Å².